The van der Waals surface area contributed by atoms with Crippen molar-refractivity contribution >= 4 is 10.8 Å². The molecule has 0 spiro atoms. The van der Waals surface area contributed by atoms with Crippen LogP contribution < -0.4 is 5.32 Å². The highest BCUT2D eigenvalue weighted by Gasteiger charge is 2.26. The van der Waals surface area contributed by atoms with Crippen molar-refractivity contribution < 1.29 is 0 Å². The van der Waals surface area contributed by atoms with E-state index in [9.17, 15) is 0 Å². The van der Waals surface area contributed by atoms with E-state index >= 15 is 0 Å². The lowest BCUT2D eigenvalue weighted by molar-refractivity contribution is 0.345. The zero-order valence-electron chi connectivity index (χ0n) is 10.9. The minimum atomic E-state index is 0.615. The third kappa shape index (κ3) is 2.01. The van der Waals surface area contributed by atoms with Crippen LogP contribution in [0.5, 0.6) is 0 Å². The molecule has 1 fully saturated rings. The summed E-state index contributed by atoms with van der Waals surface area (Å²) in [7, 11) is 2.09. The maximum Gasteiger partial charge on any atom is 0.0349 e. The highest BCUT2D eigenvalue weighted by atomic mass is 14.9. The molecule has 1 saturated carbocycles. The van der Waals surface area contributed by atoms with Gasteiger partial charge < -0.3 is 5.32 Å². The Morgan fingerprint density at radius 1 is 1.17 bits per heavy atom. The Balaban J connectivity index is 2.07. The molecule has 2 aromatic rings. The van der Waals surface area contributed by atoms with Crippen LogP contribution in [0.2, 0.25) is 0 Å². The second kappa shape index (κ2) is 5.07. The number of hydrogen-bond acceptors (Lipinski definition) is 2. The first-order valence-corrected chi connectivity index (χ1v) is 6.90. The Kier molecular flexibility index (Phi) is 3.28. The lowest BCUT2D eigenvalue weighted by Gasteiger charge is -2.32. The van der Waals surface area contributed by atoms with Crippen LogP contribution in [0, 0.1) is 0 Å². The van der Waals surface area contributed by atoms with Gasteiger partial charge in [0.25, 0.3) is 0 Å². The Bertz CT molecular complexity index is 530. The summed E-state index contributed by atoms with van der Waals surface area (Å²) in [5.74, 6) is 0.636. The van der Waals surface area contributed by atoms with Crippen LogP contribution >= 0.6 is 0 Å². The Morgan fingerprint density at radius 3 is 2.94 bits per heavy atom. The molecule has 1 heterocycles. The third-order valence-corrected chi connectivity index (χ3v) is 4.25. The minimum Gasteiger partial charge on any atom is -0.316 e. The van der Waals surface area contributed by atoms with E-state index in [0.29, 0.717) is 12.0 Å². The molecule has 0 saturated heterocycles. The van der Waals surface area contributed by atoms with E-state index in [1.54, 1.807) is 0 Å². The van der Waals surface area contributed by atoms with Gasteiger partial charge in [0, 0.05) is 23.8 Å². The van der Waals surface area contributed by atoms with Crippen LogP contribution in [0.15, 0.2) is 36.7 Å². The average Bonchev–Trinajstić information content (AvgIpc) is 2.46. The summed E-state index contributed by atoms with van der Waals surface area (Å²) in [4.78, 5) is 4.30. The maximum atomic E-state index is 4.30. The summed E-state index contributed by atoms with van der Waals surface area (Å²) in [6.45, 7) is 0. The third-order valence-electron chi connectivity index (χ3n) is 4.25. The van der Waals surface area contributed by atoms with Gasteiger partial charge in [0.1, 0.15) is 0 Å². The number of rotatable bonds is 2. The molecule has 0 bridgehead atoms. The van der Waals surface area contributed by atoms with Gasteiger partial charge in [-0.3, -0.25) is 4.98 Å². The number of benzene rings is 1. The SMILES string of the molecule is CNC1CCCCC1c1cccc2ccncc12. The first-order valence-electron chi connectivity index (χ1n) is 6.90. The molecule has 1 aromatic heterocycles. The largest absolute Gasteiger partial charge is 0.316 e. The number of hydrogen-bond donors (Lipinski definition) is 1. The molecular weight excluding hydrogens is 220 g/mol. The lowest BCUT2D eigenvalue weighted by atomic mass is 9.79. The van der Waals surface area contributed by atoms with Crippen LogP contribution in [0.25, 0.3) is 10.8 Å². The standard InChI is InChI=1S/C16H20N2/c1-17-16-8-3-2-6-14(16)13-7-4-5-12-9-10-18-11-15(12)13/h4-5,7,9-11,14,16-17H,2-3,6,8H2,1H3. The summed E-state index contributed by atoms with van der Waals surface area (Å²) in [5.41, 5.74) is 1.47. The highest BCUT2D eigenvalue weighted by molar-refractivity contribution is 5.85. The summed E-state index contributed by atoms with van der Waals surface area (Å²) < 4.78 is 0. The van der Waals surface area contributed by atoms with Crippen LogP contribution in [0.4, 0.5) is 0 Å². The minimum absolute atomic E-state index is 0.615. The molecule has 1 aliphatic rings. The zero-order valence-corrected chi connectivity index (χ0v) is 10.9. The van der Waals surface area contributed by atoms with Crippen LogP contribution in [-0.2, 0) is 0 Å². The van der Waals surface area contributed by atoms with Gasteiger partial charge in [-0.15, -0.1) is 0 Å². The number of pyridine rings is 1. The van der Waals surface area contributed by atoms with Gasteiger partial charge in [-0.2, -0.15) is 0 Å². The molecule has 94 valence electrons. The van der Waals surface area contributed by atoms with Gasteiger partial charge in [0.2, 0.25) is 0 Å². The van der Waals surface area contributed by atoms with Gasteiger partial charge in [-0.05, 0) is 42.8 Å². The first-order chi connectivity index (χ1) is 8.90. The van der Waals surface area contributed by atoms with E-state index < -0.39 is 0 Å². The number of nitrogens with one attached hydrogen (secondary N) is 1. The van der Waals surface area contributed by atoms with E-state index in [1.165, 1.54) is 42.0 Å². The molecule has 1 aliphatic carbocycles. The van der Waals surface area contributed by atoms with Crippen molar-refractivity contribution in [3.8, 4) is 0 Å². The molecule has 2 nitrogen and oxygen atoms in total. The van der Waals surface area contributed by atoms with E-state index in [-0.39, 0.29) is 0 Å². The predicted octanol–water partition coefficient (Wildman–Crippen LogP) is 3.48. The summed E-state index contributed by atoms with van der Waals surface area (Å²) in [5, 5.41) is 6.13. The number of likely N-dealkylation sites (N-methyl/N-ethyl adjacent to an activating group) is 1. The fourth-order valence-corrected chi connectivity index (χ4v) is 3.31. The summed E-state index contributed by atoms with van der Waals surface area (Å²) >= 11 is 0. The molecule has 3 rings (SSSR count). The van der Waals surface area contributed by atoms with Gasteiger partial charge >= 0.3 is 0 Å². The van der Waals surface area contributed by atoms with Gasteiger partial charge in [-0.25, -0.2) is 0 Å². The fourth-order valence-electron chi connectivity index (χ4n) is 3.31. The molecule has 1 aromatic carbocycles. The summed E-state index contributed by atoms with van der Waals surface area (Å²) in [6.07, 6.45) is 9.18. The molecule has 2 atom stereocenters. The second-order valence-electron chi connectivity index (χ2n) is 5.23. The molecular formula is C16H20N2. The van der Waals surface area contributed by atoms with Crippen LogP contribution in [-0.4, -0.2) is 18.1 Å². The van der Waals surface area contributed by atoms with Crippen molar-refractivity contribution in [1.82, 2.24) is 10.3 Å². The van der Waals surface area contributed by atoms with E-state index in [2.05, 4.69) is 41.6 Å². The van der Waals surface area contributed by atoms with Gasteiger partial charge in [0.15, 0.2) is 0 Å². The zero-order chi connectivity index (χ0) is 12.4. The van der Waals surface area contributed by atoms with Gasteiger partial charge in [-0.1, -0.05) is 31.0 Å². The number of fused-ring (bicyclic) bond motifs is 1. The van der Waals surface area contributed by atoms with E-state index in [4.69, 9.17) is 0 Å². The molecule has 1 N–H and O–H groups in total. The first kappa shape index (κ1) is 11.7. The molecule has 2 heteroatoms. The van der Waals surface area contributed by atoms with Crippen molar-refractivity contribution in [2.24, 2.45) is 0 Å². The van der Waals surface area contributed by atoms with Gasteiger partial charge in [0.05, 0.1) is 0 Å². The topological polar surface area (TPSA) is 24.9 Å². The second-order valence-corrected chi connectivity index (χ2v) is 5.23. The molecule has 0 amide bonds. The maximum absolute atomic E-state index is 4.30. The number of nitrogens with zero attached hydrogens (tertiary/aromatic N) is 1. The number of aromatic nitrogens is 1. The Hall–Kier alpha value is -1.41. The quantitative estimate of drug-likeness (QED) is 0.869. The van der Waals surface area contributed by atoms with Crippen LogP contribution in [0.3, 0.4) is 0 Å². The van der Waals surface area contributed by atoms with Crippen molar-refractivity contribution in [2.45, 2.75) is 37.6 Å². The predicted molar refractivity (Wildman–Crippen MR) is 75.8 cm³/mol. The fraction of sp³-hybridized carbons (Fsp3) is 0.438. The normalized spacial score (nSPS) is 24.3. The smallest absolute Gasteiger partial charge is 0.0349 e. The van der Waals surface area contributed by atoms with Crippen molar-refractivity contribution in [3.05, 3.63) is 42.2 Å². The van der Waals surface area contributed by atoms with E-state index in [1.807, 2.05) is 12.4 Å². The highest BCUT2D eigenvalue weighted by Crippen LogP contribution is 2.36. The monoisotopic (exact) mass is 240 g/mol. The van der Waals surface area contributed by atoms with Crippen molar-refractivity contribution in [1.29, 1.82) is 0 Å². The van der Waals surface area contributed by atoms with Crippen molar-refractivity contribution in [3.63, 3.8) is 0 Å². The van der Waals surface area contributed by atoms with Crippen molar-refractivity contribution in [2.75, 3.05) is 7.05 Å². The average molecular weight is 240 g/mol. The Labute approximate surface area is 108 Å². The Morgan fingerprint density at radius 2 is 2.06 bits per heavy atom. The molecule has 0 radical (unpaired) electrons. The lowest BCUT2D eigenvalue weighted by Crippen LogP contribution is -2.34. The van der Waals surface area contributed by atoms with Crippen LogP contribution in [0.1, 0.15) is 37.2 Å². The molecule has 2 unspecified atom stereocenters. The molecule has 0 aliphatic heterocycles. The summed E-state index contributed by atoms with van der Waals surface area (Å²) in [6, 6.07) is 9.36. The van der Waals surface area contributed by atoms with E-state index in [0.717, 1.165) is 0 Å². The molecule has 18 heavy (non-hydrogen) atoms.